The van der Waals surface area contributed by atoms with Gasteiger partial charge in [-0.25, -0.2) is 11.6 Å². The van der Waals surface area contributed by atoms with Crippen LogP contribution in [0.3, 0.4) is 0 Å². The summed E-state index contributed by atoms with van der Waals surface area (Å²) in [5, 5.41) is 1.03. The summed E-state index contributed by atoms with van der Waals surface area (Å²) in [5.74, 6) is 0. The summed E-state index contributed by atoms with van der Waals surface area (Å²) in [6, 6.07) is 0. The second-order valence-corrected chi connectivity index (χ2v) is 3.10. The van der Waals surface area contributed by atoms with Crippen LogP contribution in [0.25, 0.3) is 0 Å². The summed E-state index contributed by atoms with van der Waals surface area (Å²) in [6.07, 6.45) is 2.85. The Hall–Kier alpha value is 0.415. The van der Waals surface area contributed by atoms with Gasteiger partial charge in [-0.05, 0) is 11.7 Å². The van der Waals surface area contributed by atoms with Gasteiger partial charge in [0.1, 0.15) is 0 Å². The Morgan fingerprint density at radius 2 is 2.67 bits per heavy atom. The van der Waals surface area contributed by atoms with Gasteiger partial charge in [0.05, 0.1) is 0 Å². The van der Waals surface area contributed by atoms with Gasteiger partial charge < -0.3 is 0 Å². The van der Waals surface area contributed by atoms with E-state index >= 15 is 0 Å². The minimum atomic E-state index is 1.03. The zero-order valence-corrected chi connectivity index (χ0v) is 4.92. The van der Waals surface area contributed by atoms with E-state index in [2.05, 4.69) is 18.5 Å². The highest BCUT2D eigenvalue weighted by Gasteiger charge is 2.15. The second-order valence-electron chi connectivity index (χ2n) is 1.69. The molecule has 1 aliphatic heterocycles. The van der Waals surface area contributed by atoms with Crippen molar-refractivity contribution in [2.75, 3.05) is 0 Å². The molecule has 1 rings (SSSR count). The summed E-state index contributed by atoms with van der Waals surface area (Å²) in [7, 11) is 0. The van der Waals surface area contributed by atoms with Gasteiger partial charge in [0.25, 0.3) is 0 Å². The SMILES string of the molecule is CCC1CBS1. The summed E-state index contributed by atoms with van der Waals surface area (Å²) >= 11 is 2.11. The summed E-state index contributed by atoms with van der Waals surface area (Å²) in [4.78, 5) is 0. The van der Waals surface area contributed by atoms with Crippen molar-refractivity contribution in [1.82, 2.24) is 0 Å². The smallest absolute Gasteiger partial charge is 0.193 e. The van der Waals surface area contributed by atoms with Gasteiger partial charge in [0.2, 0.25) is 0 Å². The van der Waals surface area contributed by atoms with Crippen molar-refractivity contribution in [1.29, 1.82) is 0 Å². The molecule has 0 aromatic carbocycles. The molecule has 0 amide bonds. The lowest BCUT2D eigenvalue weighted by atomic mass is 9.96. The van der Waals surface area contributed by atoms with Crippen LogP contribution in [0.1, 0.15) is 13.3 Å². The van der Waals surface area contributed by atoms with Crippen LogP contribution in [-0.4, -0.2) is 11.8 Å². The predicted octanol–water partition coefficient (Wildman–Crippen LogP) is 1.28. The van der Waals surface area contributed by atoms with Gasteiger partial charge in [-0.1, -0.05) is 13.2 Å². The molecule has 0 aromatic heterocycles. The molecule has 2 heteroatoms. The summed E-state index contributed by atoms with van der Waals surface area (Å²) < 4.78 is 0. The Balaban J connectivity index is 2.01. The van der Waals surface area contributed by atoms with Crippen molar-refractivity contribution in [3.63, 3.8) is 0 Å². The molecule has 1 heterocycles. The molecule has 1 aliphatic rings. The third-order valence-corrected chi connectivity index (χ3v) is 2.76. The van der Waals surface area contributed by atoms with Crippen molar-refractivity contribution in [3.05, 3.63) is 0 Å². The van der Waals surface area contributed by atoms with Gasteiger partial charge in [-0.3, -0.25) is 0 Å². The average molecular weight is 100.0 g/mol. The van der Waals surface area contributed by atoms with E-state index in [1.165, 1.54) is 19.3 Å². The van der Waals surface area contributed by atoms with Gasteiger partial charge in [0.15, 0.2) is 6.56 Å². The summed E-state index contributed by atoms with van der Waals surface area (Å²) in [5.41, 5.74) is 0. The fourth-order valence-corrected chi connectivity index (χ4v) is 1.41. The van der Waals surface area contributed by atoms with Gasteiger partial charge in [-0.2, -0.15) is 0 Å². The van der Waals surface area contributed by atoms with E-state index in [0.717, 1.165) is 5.25 Å². The zero-order chi connectivity index (χ0) is 4.41. The van der Waals surface area contributed by atoms with E-state index in [1.54, 1.807) is 0 Å². The zero-order valence-electron chi connectivity index (χ0n) is 4.11. The molecular weight excluding hydrogens is 90.9 g/mol. The van der Waals surface area contributed by atoms with Crippen LogP contribution in [-0.2, 0) is 0 Å². The first-order valence-corrected chi connectivity index (χ1v) is 3.60. The first-order chi connectivity index (χ1) is 2.93. The molecule has 0 nitrogen and oxygen atoms in total. The second kappa shape index (κ2) is 1.92. The molecule has 1 unspecified atom stereocenters. The van der Waals surface area contributed by atoms with Crippen LogP contribution in [0.15, 0.2) is 0 Å². The first-order valence-electron chi connectivity index (χ1n) is 2.55. The molecular formula is C4H9BS. The lowest BCUT2D eigenvalue weighted by molar-refractivity contribution is 0.895. The number of hydrogen-bond acceptors (Lipinski definition) is 1. The maximum absolute atomic E-state index is 2.26. The van der Waals surface area contributed by atoms with E-state index in [9.17, 15) is 0 Å². The van der Waals surface area contributed by atoms with E-state index in [0.29, 0.717) is 0 Å². The fraction of sp³-hybridized carbons (Fsp3) is 1.00. The Morgan fingerprint density at radius 1 is 2.00 bits per heavy atom. The van der Waals surface area contributed by atoms with Gasteiger partial charge >= 0.3 is 0 Å². The highest BCUT2D eigenvalue weighted by molar-refractivity contribution is 8.25. The number of rotatable bonds is 1. The standard InChI is InChI=1S/C4H9BS/c1-2-4-3-5-6-4/h4-5H,2-3H2,1H3. The maximum Gasteiger partial charge on any atom is 0.193 e. The van der Waals surface area contributed by atoms with Crippen LogP contribution in [0.2, 0.25) is 6.32 Å². The van der Waals surface area contributed by atoms with Crippen molar-refractivity contribution < 1.29 is 0 Å². The third-order valence-electron chi connectivity index (χ3n) is 1.25. The molecule has 0 radical (unpaired) electrons. The molecule has 34 valence electrons. The van der Waals surface area contributed by atoms with Crippen LogP contribution in [0.5, 0.6) is 0 Å². The average Bonchev–Trinajstić information content (AvgIpc) is 1.31. The van der Waals surface area contributed by atoms with Crippen LogP contribution >= 0.6 is 11.6 Å². The van der Waals surface area contributed by atoms with Gasteiger partial charge in [0, 0.05) is 0 Å². The van der Waals surface area contributed by atoms with Crippen molar-refractivity contribution in [2.45, 2.75) is 24.9 Å². The predicted molar refractivity (Wildman–Crippen MR) is 33.6 cm³/mol. The summed E-state index contributed by atoms with van der Waals surface area (Å²) in [6.45, 7) is 3.68. The monoisotopic (exact) mass is 100 g/mol. The first kappa shape index (κ1) is 4.57. The van der Waals surface area contributed by atoms with Crippen molar-refractivity contribution in [2.24, 2.45) is 0 Å². The molecule has 0 spiro atoms. The molecule has 0 saturated carbocycles. The normalized spacial score (nSPS) is 31.2. The molecule has 1 saturated heterocycles. The van der Waals surface area contributed by atoms with E-state index < -0.39 is 0 Å². The fourth-order valence-electron chi connectivity index (χ4n) is 0.606. The third kappa shape index (κ3) is 0.727. The Kier molecular flexibility index (Phi) is 1.46. The quantitative estimate of drug-likeness (QED) is 0.447. The molecule has 0 aliphatic carbocycles. The molecule has 0 aromatic rings. The van der Waals surface area contributed by atoms with E-state index in [-0.39, 0.29) is 0 Å². The molecule has 1 atom stereocenters. The molecule has 0 N–H and O–H groups in total. The Bertz CT molecular complexity index is 40.1. The lowest BCUT2D eigenvalue weighted by Gasteiger charge is -2.21. The van der Waals surface area contributed by atoms with Crippen LogP contribution in [0.4, 0.5) is 0 Å². The maximum atomic E-state index is 2.26. The van der Waals surface area contributed by atoms with Crippen molar-refractivity contribution >= 4 is 18.2 Å². The van der Waals surface area contributed by atoms with E-state index in [1.807, 2.05) is 0 Å². The highest BCUT2D eigenvalue weighted by Crippen LogP contribution is 2.28. The van der Waals surface area contributed by atoms with E-state index in [4.69, 9.17) is 0 Å². The Morgan fingerprint density at radius 3 is 2.67 bits per heavy atom. The largest absolute Gasteiger partial charge is 0.212 e. The molecule has 1 fully saturated rings. The minimum absolute atomic E-state index is 1.03. The molecule has 6 heavy (non-hydrogen) atoms. The number of hydrogen-bond donors (Lipinski definition) is 0. The Labute approximate surface area is 43.8 Å². The topological polar surface area (TPSA) is 0 Å². The highest BCUT2D eigenvalue weighted by atomic mass is 32.2. The minimum Gasteiger partial charge on any atom is -0.212 e. The lowest BCUT2D eigenvalue weighted by Crippen LogP contribution is -2.15. The molecule has 0 bridgehead atoms. The van der Waals surface area contributed by atoms with Crippen LogP contribution < -0.4 is 0 Å². The van der Waals surface area contributed by atoms with Crippen molar-refractivity contribution in [3.8, 4) is 0 Å². The van der Waals surface area contributed by atoms with Gasteiger partial charge in [-0.15, -0.1) is 0 Å². The van der Waals surface area contributed by atoms with Crippen LogP contribution in [0, 0.1) is 0 Å².